The Balaban J connectivity index is 1.39. The molecule has 1 saturated carbocycles. The van der Waals surface area contributed by atoms with Crippen LogP contribution < -0.4 is 21.3 Å². The molecule has 0 bridgehead atoms. The molecule has 6 heteroatoms. The van der Waals surface area contributed by atoms with Crippen molar-refractivity contribution < 1.29 is 9.59 Å². The summed E-state index contributed by atoms with van der Waals surface area (Å²) in [4.78, 5) is 26.0. The van der Waals surface area contributed by atoms with Gasteiger partial charge in [0.25, 0.3) is 0 Å². The molecule has 1 heterocycles. The van der Waals surface area contributed by atoms with Gasteiger partial charge in [0.15, 0.2) is 0 Å². The van der Waals surface area contributed by atoms with Crippen molar-refractivity contribution in [2.24, 2.45) is 17.6 Å². The van der Waals surface area contributed by atoms with Crippen LogP contribution in [0.25, 0.3) is 0 Å². The van der Waals surface area contributed by atoms with Gasteiger partial charge in [-0.3, -0.25) is 4.79 Å². The van der Waals surface area contributed by atoms with Crippen molar-refractivity contribution in [2.45, 2.75) is 77.3 Å². The minimum Gasteiger partial charge on any atom is -0.371 e. The molecular formula is C24H38N4O2. The Morgan fingerprint density at radius 3 is 2.50 bits per heavy atom. The fraction of sp³-hybridized carbons (Fsp3) is 0.667. The molecule has 1 atom stereocenters. The van der Waals surface area contributed by atoms with E-state index in [4.69, 9.17) is 5.73 Å². The molecule has 166 valence electrons. The Hall–Kier alpha value is -2.24. The van der Waals surface area contributed by atoms with Crippen molar-refractivity contribution >= 4 is 17.6 Å². The molecule has 1 aromatic carbocycles. The number of nitrogens with one attached hydrogen (secondary N) is 2. The number of carbonyl (C=O) groups is 2. The molecule has 0 radical (unpaired) electrons. The number of benzene rings is 1. The maximum absolute atomic E-state index is 12.3. The van der Waals surface area contributed by atoms with Crippen molar-refractivity contribution in [1.82, 2.24) is 10.6 Å². The van der Waals surface area contributed by atoms with Crippen LogP contribution in [0.15, 0.2) is 24.3 Å². The summed E-state index contributed by atoms with van der Waals surface area (Å²) in [6, 6.07) is 8.45. The maximum Gasteiger partial charge on any atom is 0.315 e. The van der Waals surface area contributed by atoms with E-state index in [9.17, 15) is 9.59 Å². The molecule has 6 nitrogen and oxygen atoms in total. The van der Waals surface area contributed by atoms with Gasteiger partial charge in [-0.2, -0.15) is 0 Å². The van der Waals surface area contributed by atoms with E-state index >= 15 is 0 Å². The lowest BCUT2D eigenvalue weighted by atomic mass is 9.83. The second-order valence-electron chi connectivity index (χ2n) is 9.04. The summed E-state index contributed by atoms with van der Waals surface area (Å²) in [5.74, 6) is 0.578. The molecule has 3 rings (SSSR count). The van der Waals surface area contributed by atoms with E-state index in [0.717, 1.165) is 49.4 Å². The first-order valence-corrected chi connectivity index (χ1v) is 11.7. The molecule has 1 saturated heterocycles. The van der Waals surface area contributed by atoms with E-state index < -0.39 is 0 Å². The molecular weight excluding hydrogens is 376 g/mol. The van der Waals surface area contributed by atoms with Gasteiger partial charge >= 0.3 is 6.03 Å². The summed E-state index contributed by atoms with van der Waals surface area (Å²) in [5.41, 5.74) is 7.66. The molecule has 3 amide bonds. The van der Waals surface area contributed by atoms with Crippen molar-refractivity contribution in [2.75, 3.05) is 18.0 Å². The number of hydrogen-bond donors (Lipinski definition) is 3. The molecule has 1 aliphatic heterocycles. The molecule has 1 aliphatic carbocycles. The van der Waals surface area contributed by atoms with Gasteiger partial charge in [-0.1, -0.05) is 38.3 Å². The molecule has 2 aliphatic rings. The summed E-state index contributed by atoms with van der Waals surface area (Å²) in [7, 11) is 0. The zero-order valence-corrected chi connectivity index (χ0v) is 18.4. The van der Waals surface area contributed by atoms with E-state index in [2.05, 4.69) is 34.6 Å². The largest absolute Gasteiger partial charge is 0.371 e. The summed E-state index contributed by atoms with van der Waals surface area (Å²) < 4.78 is 0. The number of nitrogens with zero attached hydrogens (tertiary/aromatic N) is 1. The first-order chi connectivity index (χ1) is 14.5. The summed E-state index contributed by atoms with van der Waals surface area (Å²) in [6.45, 7) is 4.40. The van der Waals surface area contributed by atoms with Crippen LogP contribution >= 0.6 is 0 Å². The number of rotatable bonds is 8. The quantitative estimate of drug-likeness (QED) is 0.602. The van der Waals surface area contributed by atoms with E-state index in [1.54, 1.807) is 0 Å². The highest BCUT2D eigenvalue weighted by Crippen LogP contribution is 2.28. The summed E-state index contributed by atoms with van der Waals surface area (Å²) >= 11 is 0. The third-order valence-electron chi connectivity index (χ3n) is 6.73. The third-order valence-corrected chi connectivity index (χ3v) is 6.73. The van der Waals surface area contributed by atoms with Gasteiger partial charge < -0.3 is 21.3 Å². The number of urea groups is 1. The standard InChI is InChI=1S/C24H38N4O2/c1-2-3-5-18-7-11-21(12-8-18)27-24(30)26-16-19-9-13-22(14-10-19)28-15-4-6-20(17-28)23(25)29/h9-10,13-14,18,20-21H,2-8,11-12,15-17H2,1H3,(H2,25,29)(H2,26,27,30). The summed E-state index contributed by atoms with van der Waals surface area (Å²) in [6.07, 6.45) is 10.5. The topological polar surface area (TPSA) is 87.5 Å². The predicted octanol–water partition coefficient (Wildman–Crippen LogP) is 3.94. The number of anilines is 1. The number of amides is 3. The molecule has 1 aromatic rings. The first-order valence-electron chi connectivity index (χ1n) is 11.7. The van der Waals surface area contributed by atoms with Gasteiger partial charge in [-0.05, 0) is 62.1 Å². The normalized spacial score (nSPS) is 24.3. The molecule has 4 N–H and O–H groups in total. The van der Waals surface area contributed by atoms with Gasteiger partial charge in [-0.15, -0.1) is 0 Å². The number of nitrogens with two attached hydrogens (primary N) is 1. The van der Waals surface area contributed by atoms with Crippen molar-refractivity contribution in [3.63, 3.8) is 0 Å². The highest BCUT2D eigenvalue weighted by atomic mass is 16.2. The number of carbonyl (C=O) groups excluding carboxylic acids is 2. The van der Waals surface area contributed by atoms with E-state index in [-0.39, 0.29) is 17.9 Å². The van der Waals surface area contributed by atoms with Gasteiger partial charge in [0, 0.05) is 31.4 Å². The maximum atomic E-state index is 12.3. The second kappa shape index (κ2) is 11.2. The second-order valence-corrected chi connectivity index (χ2v) is 9.04. The highest BCUT2D eigenvalue weighted by Gasteiger charge is 2.24. The van der Waals surface area contributed by atoms with Gasteiger partial charge in [0.05, 0.1) is 5.92 Å². The lowest BCUT2D eigenvalue weighted by molar-refractivity contribution is -0.122. The number of primary amides is 1. The van der Waals surface area contributed by atoms with Crippen LogP contribution in [-0.2, 0) is 11.3 Å². The molecule has 2 fully saturated rings. The fourth-order valence-electron chi connectivity index (χ4n) is 4.78. The summed E-state index contributed by atoms with van der Waals surface area (Å²) in [5, 5.41) is 6.13. The van der Waals surface area contributed by atoms with Crippen LogP contribution in [0.4, 0.5) is 10.5 Å². The van der Waals surface area contributed by atoms with Gasteiger partial charge in [0.1, 0.15) is 0 Å². The number of unbranched alkanes of at least 4 members (excludes halogenated alkanes) is 1. The van der Waals surface area contributed by atoms with Crippen LogP contribution in [0, 0.1) is 11.8 Å². The Morgan fingerprint density at radius 1 is 1.10 bits per heavy atom. The lowest BCUT2D eigenvalue weighted by Gasteiger charge is -2.33. The fourth-order valence-corrected chi connectivity index (χ4v) is 4.78. The first kappa shape index (κ1) is 22.4. The highest BCUT2D eigenvalue weighted by molar-refractivity contribution is 5.77. The number of hydrogen-bond acceptors (Lipinski definition) is 3. The van der Waals surface area contributed by atoms with Crippen LogP contribution in [0.5, 0.6) is 0 Å². The van der Waals surface area contributed by atoms with Gasteiger partial charge in [-0.25, -0.2) is 4.79 Å². The van der Waals surface area contributed by atoms with E-state index in [1.807, 2.05) is 12.1 Å². The SMILES string of the molecule is CCCCC1CCC(NC(=O)NCc2ccc(N3CCCC(C(N)=O)C3)cc2)CC1. The Morgan fingerprint density at radius 2 is 1.83 bits per heavy atom. The Kier molecular flexibility index (Phi) is 8.40. The average Bonchev–Trinajstić information content (AvgIpc) is 2.77. The average molecular weight is 415 g/mol. The zero-order chi connectivity index (χ0) is 21.3. The van der Waals surface area contributed by atoms with Crippen molar-refractivity contribution in [3.8, 4) is 0 Å². The lowest BCUT2D eigenvalue weighted by Crippen LogP contribution is -2.43. The monoisotopic (exact) mass is 414 g/mol. The smallest absolute Gasteiger partial charge is 0.315 e. The van der Waals surface area contributed by atoms with Crippen LogP contribution in [-0.4, -0.2) is 31.1 Å². The predicted molar refractivity (Wildman–Crippen MR) is 121 cm³/mol. The van der Waals surface area contributed by atoms with Gasteiger partial charge in [0.2, 0.25) is 5.91 Å². The van der Waals surface area contributed by atoms with E-state index in [1.165, 1.54) is 32.1 Å². The van der Waals surface area contributed by atoms with Crippen molar-refractivity contribution in [3.05, 3.63) is 29.8 Å². The Labute approximate surface area is 181 Å². The molecule has 30 heavy (non-hydrogen) atoms. The van der Waals surface area contributed by atoms with E-state index in [0.29, 0.717) is 19.1 Å². The van der Waals surface area contributed by atoms with Crippen molar-refractivity contribution in [1.29, 1.82) is 0 Å². The molecule has 1 unspecified atom stereocenters. The van der Waals surface area contributed by atoms with Crippen LogP contribution in [0.3, 0.4) is 0 Å². The van der Waals surface area contributed by atoms with Crippen LogP contribution in [0.2, 0.25) is 0 Å². The minimum absolute atomic E-state index is 0.0644. The molecule has 0 spiro atoms. The zero-order valence-electron chi connectivity index (χ0n) is 18.4. The minimum atomic E-state index is -0.207. The number of piperidine rings is 1. The Bertz CT molecular complexity index is 683. The third kappa shape index (κ3) is 6.64. The molecule has 0 aromatic heterocycles. The van der Waals surface area contributed by atoms with Crippen LogP contribution in [0.1, 0.15) is 70.3 Å².